The van der Waals surface area contributed by atoms with E-state index in [0.717, 1.165) is 33.4 Å². The van der Waals surface area contributed by atoms with Crippen LogP contribution >= 0.6 is 11.5 Å². The van der Waals surface area contributed by atoms with Crippen molar-refractivity contribution in [3.8, 4) is 0 Å². The van der Waals surface area contributed by atoms with Crippen molar-refractivity contribution < 1.29 is 9.90 Å². The minimum Gasteiger partial charge on any atom is -0.392 e. The minimum absolute atomic E-state index is 0. The molecular formula is C20H23N3O2S. The molecule has 0 spiro atoms. The quantitative estimate of drug-likeness (QED) is 0.659. The van der Waals surface area contributed by atoms with Crippen LogP contribution in [0, 0.1) is 5.92 Å². The summed E-state index contributed by atoms with van der Waals surface area (Å²) in [4.78, 5) is 12.8. The zero-order valence-electron chi connectivity index (χ0n) is 13.6. The second kappa shape index (κ2) is 7.95. The van der Waals surface area contributed by atoms with Crippen molar-refractivity contribution >= 4 is 33.2 Å². The largest absolute Gasteiger partial charge is 0.392 e. The second-order valence-corrected chi connectivity index (χ2v) is 7.17. The third-order valence-corrected chi connectivity index (χ3v) is 5.53. The van der Waals surface area contributed by atoms with Gasteiger partial charge in [0.05, 0.1) is 17.2 Å². The van der Waals surface area contributed by atoms with Crippen molar-refractivity contribution in [2.75, 3.05) is 18.4 Å². The Balaban J connectivity index is 0.00000196. The lowest BCUT2D eigenvalue weighted by Gasteiger charge is -2.19. The van der Waals surface area contributed by atoms with Crippen molar-refractivity contribution in [1.29, 1.82) is 0 Å². The maximum Gasteiger partial charge on any atom is 0.229 e. The predicted molar refractivity (Wildman–Crippen MR) is 106 cm³/mol. The molecule has 0 unspecified atom stereocenters. The number of benzene rings is 2. The van der Waals surface area contributed by atoms with Gasteiger partial charge in [0.2, 0.25) is 5.91 Å². The van der Waals surface area contributed by atoms with Gasteiger partial charge in [-0.05, 0) is 40.9 Å². The number of rotatable bonds is 4. The summed E-state index contributed by atoms with van der Waals surface area (Å²) in [5.74, 6) is 0.0575. The third kappa shape index (κ3) is 3.62. The van der Waals surface area contributed by atoms with Gasteiger partial charge >= 0.3 is 0 Å². The first-order chi connectivity index (χ1) is 12.2. The number of nitrogens with one attached hydrogen (secondary N) is 2. The highest BCUT2D eigenvalue weighted by Crippen LogP contribution is 2.30. The van der Waals surface area contributed by atoms with Crippen LogP contribution in [-0.2, 0) is 11.4 Å². The number of aromatic nitrogens is 1. The van der Waals surface area contributed by atoms with E-state index in [0.29, 0.717) is 6.54 Å². The van der Waals surface area contributed by atoms with Gasteiger partial charge in [-0.3, -0.25) is 4.79 Å². The molecule has 6 heteroatoms. The molecule has 1 fully saturated rings. The van der Waals surface area contributed by atoms with Crippen LogP contribution in [0.25, 0.3) is 10.1 Å². The highest BCUT2D eigenvalue weighted by molar-refractivity contribution is 7.13. The molecule has 26 heavy (non-hydrogen) atoms. The fourth-order valence-electron chi connectivity index (χ4n) is 3.35. The molecule has 1 aromatic heterocycles. The van der Waals surface area contributed by atoms with E-state index in [9.17, 15) is 9.90 Å². The fourth-order valence-corrected chi connectivity index (χ4v) is 4.03. The Bertz CT molecular complexity index is 891. The van der Waals surface area contributed by atoms with Crippen LogP contribution in [0.5, 0.6) is 0 Å². The summed E-state index contributed by atoms with van der Waals surface area (Å²) in [6.45, 7) is 1.48. The maximum atomic E-state index is 12.8. The first-order valence-electron chi connectivity index (χ1n) is 8.30. The topological polar surface area (TPSA) is 74.2 Å². The molecule has 1 amide bonds. The Morgan fingerprint density at radius 2 is 2.04 bits per heavy atom. The number of aliphatic hydroxyl groups is 1. The van der Waals surface area contributed by atoms with E-state index < -0.39 is 0 Å². The molecule has 4 rings (SSSR count). The Hall–Kier alpha value is -2.28. The molecule has 2 heterocycles. The summed E-state index contributed by atoms with van der Waals surface area (Å²) in [6, 6.07) is 13.7. The van der Waals surface area contributed by atoms with E-state index in [1.807, 2.05) is 48.7 Å². The number of carbonyl (C=O) groups excluding carboxylic acids is 1. The van der Waals surface area contributed by atoms with Gasteiger partial charge in [0, 0.05) is 36.3 Å². The Morgan fingerprint density at radius 3 is 2.81 bits per heavy atom. The van der Waals surface area contributed by atoms with Crippen LogP contribution in [0.15, 0.2) is 48.7 Å². The molecular weight excluding hydrogens is 346 g/mol. The highest BCUT2D eigenvalue weighted by Gasteiger charge is 2.34. The fraction of sp³-hybridized carbons (Fsp3) is 0.300. The lowest BCUT2D eigenvalue weighted by atomic mass is 9.88. The van der Waals surface area contributed by atoms with Crippen LogP contribution in [-0.4, -0.2) is 28.5 Å². The summed E-state index contributed by atoms with van der Waals surface area (Å²) < 4.78 is 5.23. The minimum atomic E-state index is -0.114. The van der Waals surface area contributed by atoms with Crippen LogP contribution in [0.1, 0.15) is 24.5 Å². The van der Waals surface area contributed by atoms with E-state index in [4.69, 9.17) is 0 Å². The van der Waals surface area contributed by atoms with Crippen molar-refractivity contribution in [3.63, 3.8) is 0 Å². The molecule has 3 N–H and O–H groups in total. The molecule has 5 nitrogen and oxygen atoms in total. The number of nitrogens with zero attached hydrogens (tertiary/aromatic N) is 1. The number of amides is 1. The smallest absolute Gasteiger partial charge is 0.229 e. The summed E-state index contributed by atoms with van der Waals surface area (Å²) in [7, 11) is 0. The van der Waals surface area contributed by atoms with Crippen LogP contribution in [0.4, 0.5) is 5.69 Å². The van der Waals surface area contributed by atoms with Gasteiger partial charge in [-0.1, -0.05) is 31.7 Å². The van der Waals surface area contributed by atoms with Crippen molar-refractivity contribution in [2.45, 2.75) is 20.0 Å². The molecule has 1 aliphatic heterocycles. The summed E-state index contributed by atoms with van der Waals surface area (Å²) in [5, 5.41) is 16.6. The van der Waals surface area contributed by atoms with E-state index in [-0.39, 0.29) is 31.8 Å². The first-order valence-corrected chi connectivity index (χ1v) is 9.07. The lowest BCUT2D eigenvalue weighted by molar-refractivity contribution is -0.119. The van der Waals surface area contributed by atoms with Crippen molar-refractivity contribution in [1.82, 2.24) is 9.69 Å². The second-order valence-electron chi connectivity index (χ2n) is 6.34. The van der Waals surface area contributed by atoms with Gasteiger partial charge in [-0.15, -0.1) is 0 Å². The summed E-state index contributed by atoms with van der Waals surface area (Å²) in [5.41, 5.74) is 2.82. The normalized spacial score (nSPS) is 19.3. The molecule has 1 saturated heterocycles. The average molecular weight is 369 g/mol. The first kappa shape index (κ1) is 18.5. The summed E-state index contributed by atoms with van der Waals surface area (Å²) in [6.07, 6.45) is 1.83. The zero-order chi connectivity index (χ0) is 17.2. The zero-order valence-corrected chi connectivity index (χ0v) is 14.4. The molecule has 0 saturated carbocycles. The Labute approximate surface area is 157 Å². The van der Waals surface area contributed by atoms with Crippen molar-refractivity contribution in [3.05, 3.63) is 59.8 Å². The van der Waals surface area contributed by atoms with Gasteiger partial charge in [0.15, 0.2) is 0 Å². The Kier molecular flexibility index (Phi) is 5.66. The number of aliphatic hydroxyl groups excluding tert-OH is 1. The van der Waals surface area contributed by atoms with E-state index in [1.165, 1.54) is 11.5 Å². The number of carbonyl (C=O) groups is 1. The number of hydrogen-bond donors (Lipinski definition) is 3. The molecule has 3 aromatic rings. The number of anilines is 1. The van der Waals surface area contributed by atoms with Gasteiger partial charge in [-0.2, -0.15) is 4.37 Å². The van der Waals surface area contributed by atoms with Gasteiger partial charge < -0.3 is 15.7 Å². The third-order valence-electron chi connectivity index (χ3n) is 4.77. The molecule has 2 aromatic carbocycles. The lowest BCUT2D eigenvalue weighted by Crippen LogP contribution is -2.28. The van der Waals surface area contributed by atoms with Crippen LogP contribution in [0.2, 0.25) is 0 Å². The predicted octanol–water partition coefficient (Wildman–Crippen LogP) is 3.37. The standard InChI is InChI=1S/C19H19N3O2S.CH4/c23-11-12-1-3-13(4-2-12)16-9-20-10-17(16)19(24)22-15-6-5-14-8-21-25-18(14)7-15;/h1-8,16-17,20,23H,9-11H2,(H,22,24);1H4/t16-,17+;/m0./s1. The monoisotopic (exact) mass is 369 g/mol. The molecule has 0 bridgehead atoms. The van der Waals surface area contributed by atoms with Crippen LogP contribution < -0.4 is 10.6 Å². The van der Waals surface area contributed by atoms with Crippen LogP contribution in [0.3, 0.4) is 0 Å². The molecule has 0 aliphatic carbocycles. The maximum absolute atomic E-state index is 12.8. The van der Waals surface area contributed by atoms with Gasteiger partial charge in [-0.25, -0.2) is 0 Å². The van der Waals surface area contributed by atoms with E-state index >= 15 is 0 Å². The van der Waals surface area contributed by atoms with E-state index in [2.05, 4.69) is 15.0 Å². The van der Waals surface area contributed by atoms with Gasteiger partial charge in [0.1, 0.15) is 0 Å². The molecule has 1 aliphatic rings. The molecule has 0 radical (unpaired) electrons. The SMILES string of the molecule is C.O=C(Nc1ccc2cnsc2c1)[C@@H]1CNC[C@H]1c1ccc(CO)cc1. The number of fused-ring (bicyclic) bond motifs is 1. The average Bonchev–Trinajstić information content (AvgIpc) is 3.30. The Morgan fingerprint density at radius 1 is 1.23 bits per heavy atom. The van der Waals surface area contributed by atoms with E-state index in [1.54, 1.807) is 0 Å². The van der Waals surface area contributed by atoms with Crippen molar-refractivity contribution in [2.24, 2.45) is 5.92 Å². The molecule has 2 atom stereocenters. The molecule has 136 valence electrons. The summed E-state index contributed by atoms with van der Waals surface area (Å²) >= 11 is 1.43. The van der Waals surface area contributed by atoms with Gasteiger partial charge in [0.25, 0.3) is 0 Å². The number of hydrogen-bond acceptors (Lipinski definition) is 5. The highest BCUT2D eigenvalue weighted by atomic mass is 32.1.